The van der Waals surface area contributed by atoms with E-state index in [4.69, 9.17) is 4.74 Å². The molecule has 0 atom stereocenters. The van der Waals surface area contributed by atoms with Crippen molar-refractivity contribution >= 4 is 5.91 Å². The van der Waals surface area contributed by atoms with Crippen LogP contribution in [0, 0.1) is 6.92 Å². The molecule has 0 bridgehead atoms. The van der Waals surface area contributed by atoms with Gasteiger partial charge in [-0.05, 0) is 36.2 Å². The van der Waals surface area contributed by atoms with Crippen LogP contribution in [0.1, 0.15) is 27.0 Å². The van der Waals surface area contributed by atoms with Crippen LogP contribution in [-0.4, -0.2) is 17.9 Å². The molecule has 0 saturated carbocycles. The van der Waals surface area contributed by atoms with Crippen LogP contribution in [0.25, 0.3) is 0 Å². The summed E-state index contributed by atoms with van der Waals surface area (Å²) in [7, 11) is 1.82. The molecule has 0 N–H and O–H groups in total. The minimum absolute atomic E-state index is 0.0178. The number of ether oxygens (including phenoxy) is 1. The van der Waals surface area contributed by atoms with E-state index in [9.17, 15) is 4.79 Å². The first-order valence-corrected chi connectivity index (χ1v) is 8.69. The third-order valence-electron chi connectivity index (χ3n) is 4.22. The van der Waals surface area contributed by atoms with Gasteiger partial charge in [-0.15, -0.1) is 0 Å². The third-order valence-corrected chi connectivity index (χ3v) is 4.22. The zero-order chi connectivity index (χ0) is 18.4. The maximum absolute atomic E-state index is 12.7. The molecule has 0 heterocycles. The van der Waals surface area contributed by atoms with Gasteiger partial charge in [0.15, 0.2) is 0 Å². The molecule has 3 heteroatoms. The molecule has 1 amide bonds. The maximum atomic E-state index is 12.7. The lowest BCUT2D eigenvalue weighted by Gasteiger charge is -2.18. The minimum Gasteiger partial charge on any atom is -0.489 e. The van der Waals surface area contributed by atoms with Crippen molar-refractivity contribution in [3.8, 4) is 5.75 Å². The molecule has 3 aromatic carbocycles. The van der Waals surface area contributed by atoms with E-state index in [0.717, 1.165) is 11.1 Å². The summed E-state index contributed by atoms with van der Waals surface area (Å²) in [4.78, 5) is 14.4. The summed E-state index contributed by atoms with van der Waals surface area (Å²) >= 11 is 0. The molecule has 26 heavy (non-hydrogen) atoms. The number of aryl methyl sites for hydroxylation is 1. The van der Waals surface area contributed by atoms with Gasteiger partial charge in [-0.1, -0.05) is 66.2 Å². The lowest BCUT2D eigenvalue weighted by atomic mass is 10.1. The van der Waals surface area contributed by atoms with Gasteiger partial charge in [0.05, 0.1) is 0 Å². The summed E-state index contributed by atoms with van der Waals surface area (Å²) in [6, 6.07) is 25.6. The fourth-order valence-corrected chi connectivity index (χ4v) is 2.72. The van der Waals surface area contributed by atoms with E-state index in [1.54, 1.807) is 11.0 Å². The number of carbonyl (C=O) groups is 1. The molecule has 0 aliphatic heterocycles. The molecule has 0 saturated heterocycles. The number of hydrogen-bond acceptors (Lipinski definition) is 2. The molecule has 0 unspecified atom stereocenters. The molecule has 0 aliphatic rings. The van der Waals surface area contributed by atoms with Gasteiger partial charge in [0.2, 0.25) is 0 Å². The van der Waals surface area contributed by atoms with Gasteiger partial charge < -0.3 is 9.64 Å². The Morgan fingerprint density at radius 3 is 2.35 bits per heavy atom. The molecule has 0 radical (unpaired) electrons. The Morgan fingerprint density at radius 1 is 0.885 bits per heavy atom. The lowest BCUT2D eigenvalue weighted by molar-refractivity contribution is 0.0784. The fraction of sp³-hybridized carbons (Fsp3) is 0.174. The quantitative estimate of drug-likeness (QED) is 0.639. The van der Waals surface area contributed by atoms with Crippen LogP contribution in [0.3, 0.4) is 0 Å². The zero-order valence-electron chi connectivity index (χ0n) is 15.2. The molecule has 132 valence electrons. The molecule has 0 fully saturated rings. The average molecular weight is 345 g/mol. The minimum atomic E-state index is -0.0178. The molecule has 3 nitrogen and oxygen atoms in total. The lowest BCUT2D eigenvalue weighted by Crippen LogP contribution is -2.26. The van der Waals surface area contributed by atoms with Gasteiger partial charge in [-0.2, -0.15) is 0 Å². The number of amides is 1. The number of rotatable bonds is 6. The largest absolute Gasteiger partial charge is 0.489 e. The number of benzene rings is 3. The van der Waals surface area contributed by atoms with E-state index < -0.39 is 0 Å². The first-order valence-electron chi connectivity index (χ1n) is 8.69. The number of hydrogen-bond donors (Lipinski definition) is 0. The van der Waals surface area contributed by atoms with Crippen LogP contribution in [0.15, 0.2) is 78.9 Å². The van der Waals surface area contributed by atoms with Crippen molar-refractivity contribution in [1.82, 2.24) is 4.90 Å². The Balaban J connectivity index is 1.64. The molecule has 0 aliphatic carbocycles. The Labute approximate surface area is 154 Å². The third kappa shape index (κ3) is 4.73. The Bertz CT molecular complexity index is 857. The SMILES string of the molecule is Cc1ccc(CN(C)C(=O)c2cccc(OCc3ccccc3)c2)cc1. The van der Waals surface area contributed by atoms with E-state index in [1.165, 1.54) is 5.56 Å². The normalized spacial score (nSPS) is 10.4. The molecule has 0 spiro atoms. The Morgan fingerprint density at radius 2 is 1.62 bits per heavy atom. The smallest absolute Gasteiger partial charge is 0.254 e. The highest BCUT2D eigenvalue weighted by Crippen LogP contribution is 2.17. The summed E-state index contributed by atoms with van der Waals surface area (Å²) in [5.74, 6) is 0.680. The first-order chi connectivity index (χ1) is 12.6. The molecular formula is C23H23NO2. The van der Waals surface area contributed by atoms with Crippen molar-refractivity contribution in [2.45, 2.75) is 20.1 Å². The van der Waals surface area contributed by atoms with Gasteiger partial charge >= 0.3 is 0 Å². The Kier molecular flexibility index (Phi) is 5.69. The van der Waals surface area contributed by atoms with E-state index in [1.807, 2.05) is 55.6 Å². The van der Waals surface area contributed by atoms with E-state index >= 15 is 0 Å². The monoisotopic (exact) mass is 345 g/mol. The van der Waals surface area contributed by atoms with Gasteiger partial charge in [0.25, 0.3) is 5.91 Å². The second-order valence-electron chi connectivity index (χ2n) is 6.45. The van der Waals surface area contributed by atoms with Gasteiger partial charge in [0, 0.05) is 19.2 Å². The van der Waals surface area contributed by atoms with Crippen LogP contribution in [0.2, 0.25) is 0 Å². The molecule has 3 aromatic rings. The van der Waals surface area contributed by atoms with Gasteiger partial charge in [0.1, 0.15) is 12.4 Å². The van der Waals surface area contributed by atoms with Crippen LogP contribution in [-0.2, 0) is 13.2 Å². The van der Waals surface area contributed by atoms with Gasteiger partial charge in [-0.25, -0.2) is 0 Å². The van der Waals surface area contributed by atoms with E-state index in [2.05, 4.69) is 31.2 Å². The highest BCUT2D eigenvalue weighted by molar-refractivity contribution is 5.94. The van der Waals surface area contributed by atoms with Crippen molar-refractivity contribution in [2.75, 3.05) is 7.05 Å². The van der Waals surface area contributed by atoms with Crippen LogP contribution < -0.4 is 4.74 Å². The van der Waals surface area contributed by atoms with Crippen molar-refractivity contribution in [1.29, 1.82) is 0 Å². The topological polar surface area (TPSA) is 29.5 Å². The van der Waals surface area contributed by atoms with Gasteiger partial charge in [-0.3, -0.25) is 4.79 Å². The van der Waals surface area contributed by atoms with E-state index in [0.29, 0.717) is 24.5 Å². The number of carbonyl (C=O) groups excluding carboxylic acids is 1. The Hall–Kier alpha value is -3.07. The van der Waals surface area contributed by atoms with Crippen molar-refractivity contribution in [3.63, 3.8) is 0 Å². The average Bonchev–Trinajstić information content (AvgIpc) is 2.68. The second-order valence-corrected chi connectivity index (χ2v) is 6.45. The molecular weight excluding hydrogens is 322 g/mol. The van der Waals surface area contributed by atoms with E-state index in [-0.39, 0.29) is 5.91 Å². The predicted molar refractivity (Wildman–Crippen MR) is 104 cm³/mol. The highest BCUT2D eigenvalue weighted by Gasteiger charge is 2.13. The summed E-state index contributed by atoms with van der Waals surface area (Å²) in [5, 5.41) is 0. The predicted octanol–water partition coefficient (Wildman–Crippen LogP) is 4.85. The van der Waals surface area contributed by atoms with Crippen LogP contribution in [0.4, 0.5) is 0 Å². The second kappa shape index (κ2) is 8.34. The highest BCUT2D eigenvalue weighted by atomic mass is 16.5. The van der Waals surface area contributed by atoms with Crippen molar-refractivity contribution < 1.29 is 9.53 Å². The zero-order valence-corrected chi connectivity index (χ0v) is 15.2. The maximum Gasteiger partial charge on any atom is 0.254 e. The van der Waals surface area contributed by atoms with Crippen LogP contribution >= 0.6 is 0 Å². The summed E-state index contributed by atoms with van der Waals surface area (Å²) < 4.78 is 5.82. The summed E-state index contributed by atoms with van der Waals surface area (Å²) in [5.41, 5.74) is 4.06. The van der Waals surface area contributed by atoms with Crippen molar-refractivity contribution in [2.24, 2.45) is 0 Å². The summed E-state index contributed by atoms with van der Waals surface area (Å²) in [6.45, 7) is 3.12. The molecule has 3 rings (SSSR count). The molecule has 0 aromatic heterocycles. The summed E-state index contributed by atoms with van der Waals surface area (Å²) in [6.07, 6.45) is 0. The fourth-order valence-electron chi connectivity index (χ4n) is 2.72. The van der Waals surface area contributed by atoms with Crippen molar-refractivity contribution in [3.05, 3.63) is 101 Å². The van der Waals surface area contributed by atoms with Crippen LogP contribution in [0.5, 0.6) is 5.75 Å². The number of nitrogens with zero attached hydrogens (tertiary/aromatic N) is 1. The first kappa shape index (κ1) is 17.7. The standard InChI is InChI=1S/C23H23NO2/c1-18-11-13-19(14-12-18)16-24(2)23(25)21-9-6-10-22(15-21)26-17-20-7-4-3-5-8-20/h3-15H,16-17H2,1-2H3.